The number of Topliss-reactive ketones (excluding diaryl/α,β-unsaturated/α-hetero) is 1. The first-order valence-electron chi connectivity index (χ1n) is 20.6. The zero-order valence-electron chi connectivity index (χ0n) is 36.2. The maximum Gasteiger partial charge on any atom is 0.251 e. The van der Waals surface area contributed by atoms with Gasteiger partial charge in [0.25, 0.3) is 5.91 Å². The molecule has 2 N–H and O–H groups in total. The highest BCUT2D eigenvalue weighted by atomic mass is 16.3. The van der Waals surface area contributed by atoms with E-state index in [1.807, 2.05) is 102 Å². The van der Waals surface area contributed by atoms with Crippen LogP contribution in [0.2, 0.25) is 0 Å². The van der Waals surface area contributed by atoms with Crippen LogP contribution in [0.3, 0.4) is 0 Å². The van der Waals surface area contributed by atoms with Gasteiger partial charge in [0.15, 0.2) is 0 Å². The molecular weight excluding hydrogens is 721 g/mol. The van der Waals surface area contributed by atoms with Crippen LogP contribution in [0.15, 0.2) is 118 Å². The van der Waals surface area contributed by atoms with Crippen LogP contribution in [0.25, 0.3) is 5.57 Å². The Morgan fingerprint density at radius 3 is 1.81 bits per heavy atom. The van der Waals surface area contributed by atoms with E-state index < -0.39 is 21.7 Å². The van der Waals surface area contributed by atoms with E-state index in [-0.39, 0.29) is 46.6 Å². The average Bonchev–Trinajstić information content (AvgIpc) is 3.52. The van der Waals surface area contributed by atoms with Gasteiger partial charge in [-0.3, -0.25) is 14.4 Å². The summed E-state index contributed by atoms with van der Waals surface area (Å²) in [5.41, 5.74) is 5.92. The number of aliphatic hydroxyl groups is 1. The van der Waals surface area contributed by atoms with Crippen molar-refractivity contribution in [1.82, 2.24) is 4.90 Å². The molecule has 7 rings (SSSR count). The van der Waals surface area contributed by atoms with Crippen molar-refractivity contribution in [1.29, 1.82) is 0 Å². The molecule has 2 aliphatic heterocycles. The smallest absolute Gasteiger partial charge is 0.251 e. The molecule has 0 saturated carbocycles. The van der Waals surface area contributed by atoms with Crippen LogP contribution in [0, 0.1) is 16.2 Å². The van der Waals surface area contributed by atoms with Crippen LogP contribution in [-0.2, 0) is 19.8 Å². The fraction of sp³-hybridized carbons (Fsp3) is 0.400. The fourth-order valence-corrected chi connectivity index (χ4v) is 9.29. The number of likely N-dealkylation sites (tertiary alicyclic amines) is 1. The van der Waals surface area contributed by atoms with Crippen molar-refractivity contribution in [2.75, 3.05) is 23.3 Å². The number of ketones is 1. The molecule has 0 radical (unpaired) electrons. The Balaban J connectivity index is 1.45. The second-order valence-corrected chi connectivity index (χ2v) is 19.2. The van der Waals surface area contributed by atoms with E-state index in [9.17, 15) is 19.5 Å². The molecule has 3 aromatic rings. The number of benzene rings is 3. The Labute approximate surface area is 344 Å². The largest absolute Gasteiger partial charge is 0.506 e. The summed E-state index contributed by atoms with van der Waals surface area (Å²) in [5.74, 6) is -1.08. The summed E-state index contributed by atoms with van der Waals surface area (Å²) in [6.45, 7) is 25.5. The highest BCUT2D eigenvalue weighted by molar-refractivity contribution is 6.42. The number of hydrogen-bond donors (Lipinski definition) is 2. The molecule has 8 heteroatoms. The van der Waals surface area contributed by atoms with E-state index >= 15 is 0 Å². The van der Waals surface area contributed by atoms with E-state index in [0.717, 1.165) is 34.6 Å². The summed E-state index contributed by atoms with van der Waals surface area (Å²) in [5, 5.41) is 15.4. The second-order valence-electron chi connectivity index (χ2n) is 19.2. The minimum atomic E-state index is -0.773. The van der Waals surface area contributed by atoms with Crippen molar-refractivity contribution in [3.8, 4) is 0 Å². The molecule has 0 spiro atoms. The van der Waals surface area contributed by atoms with Crippen LogP contribution in [0.4, 0.5) is 11.4 Å². The molecule has 1 fully saturated rings. The SMILES string of the molecule is CCN1C2=CC(=NC(=O)C(C)(C)C)/C(=C3\C(=O)C(c4cc5c(cc4NC(=O)C(C)(C)C)N(CC)C(c4ccccc4)C5(C)C)=C3O)C=C2C(C)(C)C1c1ccccc1. The van der Waals surface area contributed by atoms with Gasteiger partial charge in [-0.1, -0.05) is 130 Å². The molecule has 2 unspecified atom stereocenters. The first-order chi connectivity index (χ1) is 27.1. The Hall–Kier alpha value is -5.50. The number of allylic oxidation sites excluding steroid dienone is 6. The number of anilines is 2. The van der Waals surface area contributed by atoms with E-state index in [2.05, 4.69) is 85.9 Å². The summed E-state index contributed by atoms with van der Waals surface area (Å²) in [7, 11) is 0. The number of carbonyl (C=O) groups is 3. The highest BCUT2D eigenvalue weighted by Gasteiger charge is 2.51. The molecule has 4 aliphatic rings. The van der Waals surface area contributed by atoms with Crippen molar-refractivity contribution < 1.29 is 19.5 Å². The molecule has 0 aromatic heterocycles. The Morgan fingerprint density at radius 2 is 1.31 bits per heavy atom. The molecule has 2 aliphatic carbocycles. The predicted molar refractivity (Wildman–Crippen MR) is 235 cm³/mol. The average molecular weight is 779 g/mol. The molecule has 2 heterocycles. The number of aliphatic imine (C=N–C) groups is 1. The third kappa shape index (κ3) is 6.45. The van der Waals surface area contributed by atoms with Crippen molar-refractivity contribution in [2.24, 2.45) is 21.2 Å². The number of hydrogen-bond acceptors (Lipinski definition) is 6. The zero-order chi connectivity index (χ0) is 42.3. The standard InChI is InChI=1S/C50H58N4O4/c1-13-53-37-27-35(51-45(57)47(3,4)5)31(25-33(37)49(9,10)43(53)29-21-17-15-18-22-29)39-41(55)40(42(39)56)32-26-34-38(28-36(32)52-46(58)48(6,7)8)54(14-2)44(50(34,11)12)30-23-19-16-20-24-30/h15-28,43-44,55H,13-14H2,1-12H3,(H,51,57)/b40-32-,52-36?. The van der Waals surface area contributed by atoms with Gasteiger partial charge in [0.1, 0.15) is 5.76 Å². The molecule has 0 bridgehead atoms. The lowest BCUT2D eigenvalue weighted by Gasteiger charge is -2.34. The fourth-order valence-electron chi connectivity index (χ4n) is 9.29. The normalized spacial score (nSPS) is 23.0. The van der Waals surface area contributed by atoms with Gasteiger partial charge in [0, 0.05) is 57.3 Å². The van der Waals surface area contributed by atoms with Crippen LogP contribution in [0.5, 0.6) is 0 Å². The quantitative estimate of drug-likeness (QED) is 0.242. The van der Waals surface area contributed by atoms with Gasteiger partial charge in [-0.05, 0) is 60.4 Å². The monoisotopic (exact) mass is 778 g/mol. The molecule has 3 aromatic carbocycles. The van der Waals surface area contributed by atoms with Crippen LogP contribution in [-0.4, -0.2) is 46.4 Å². The number of carbonyl (C=O) groups excluding carboxylic acids is 3. The van der Waals surface area contributed by atoms with Crippen molar-refractivity contribution >= 4 is 40.3 Å². The summed E-state index contributed by atoms with van der Waals surface area (Å²) in [6, 6.07) is 24.7. The first kappa shape index (κ1) is 40.7. The molecule has 2 amide bonds. The highest BCUT2D eigenvalue weighted by Crippen LogP contribution is 2.58. The lowest BCUT2D eigenvalue weighted by Crippen LogP contribution is -2.33. The number of nitrogens with one attached hydrogen (secondary N) is 1. The molecule has 8 nitrogen and oxygen atoms in total. The van der Waals surface area contributed by atoms with Crippen molar-refractivity contribution in [3.63, 3.8) is 0 Å². The lowest BCUT2D eigenvalue weighted by atomic mass is 9.72. The molecule has 58 heavy (non-hydrogen) atoms. The minimum absolute atomic E-state index is 0.00130. The van der Waals surface area contributed by atoms with E-state index in [0.29, 0.717) is 29.1 Å². The third-order valence-corrected chi connectivity index (χ3v) is 12.4. The topological polar surface area (TPSA) is 102 Å². The van der Waals surface area contributed by atoms with Gasteiger partial charge in [0.2, 0.25) is 11.7 Å². The lowest BCUT2D eigenvalue weighted by molar-refractivity contribution is -0.125. The van der Waals surface area contributed by atoms with Gasteiger partial charge in [-0.2, -0.15) is 0 Å². The number of aliphatic hydroxyl groups excluding tert-OH is 1. The van der Waals surface area contributed by atoms with Crippen molar-refractivity contribution in [3.05, 3.63) is 135 Å². The minimum Gasteiger partial charge on any atom is -0.506 e. The molecule has 2 atom stereocenters. The second kappa shape index (κ2) is 14.1. The Kier molecular flexibility index (Phi) is 9.89. The van der Waals surface area contributed by atoms with Crippen LogP contribution >= 0.6 is 0 Å². The van der Waals surface area contributed by atoms with Gasteiger partial charge in [-0.15, -0.1) is 0 Å². The van der Waals surface area contributed by atoms with E-state index in [1.54, 1.807) is 0 Å². The zero-order valence-corrected chi connectivity index (χ0v) is 36.2. The van der Waals surface area contributed by atoms with Gasteiger partial charge < -0.3 is 20.2 Å². The Bertz CT molecular complexity index is 2380. The van der Waals surface area contributed by atoms with Gasteiger partial charge >= 0.3 is 0 Å². The maximum atomic E-state index is 14.9. The Morgan fingerprint density at radius 1 is 0.759 bits per heavy atom. The summed E-state index contributed by atoms with van der Waals surface area (Å²) in [6.07, 6.45) is 3.89. The van der Waals surface area contributed by atoms with Crippen LogP contribution in [0.1, 0.15) is 117 Å². The summed E-state index contributed by atoms with van der Waals surface area (Å²) in [4.78, 5) is 51.5. The summed E-state index contributed by atoms with van der Waals surface area (Å²) < 4.78 is 0. The van der Waals surface area contributed by atoms with E-state index in [4.69, 9.17) is 0 Å². The summed E-state index contributed by atoms with van der Waals surface area (Å²) >= 11 is 0. The number of likely N-dealkylation sites (N-methyl/N-ethyl adjacent to an activating group) is 2. The van der Waals surface area contributed by atoms with Crippen molar-refractivity contribution in [2.45, 2.75) is 101 Å². The number of rotatable bonds is 6. The third-order valence-electron chi connectivity index (χ3n) is 12.4. The first-order valence-corrected chi connectivity index (χ1v) is 20.6. The van der Waals surface area contributed by atoms with Crippen LogP contribution < -0.4 is 10.2 Å². The number of fused-ring (bicyclic) bond motifs is 2. The predicted octanol–water partition coefficient (Wildman–Crippen LogP) is 10.6. The maximum absolute atomic E-state index is 14.9. The number of nitrogens with zero attached hydrogens (tertiary/aromatic N) is 3. The van der Waals surface area contributed by atoms with Gasteiger partial charge in [-0.25, -0.2) is 4.99 Å². The molecule has 1 saturated heterocycles. The molecular formula is C50H58N4O4. The molecule has 302 valence electrons. The number of amides is 2. The van der Waals surface area contributed by atoms with Gasteiger partial charge in [0.05, 0.1) is 34.6 Å². The van der Waals surface area contributed by atoms with E-state index in [1.165, 1.54) is 5.56 Å².